The molecule has 0 aliphatic rings. The van der Waals surface area contributed by atoms with Crippen molar-refractivity contribution in [1.29, 1.82) is 5.26 Å². The summed E-state index contributed by atoms with van der Waals surface area (Å²) in [5.74, 6) is 0.793. The molecule has 6 heteroatoms. The summed E-state index contributed by atoms with van der Waals surface area (Å²) in [5, 5.41) is 16.3. The van der Waals surface area contributed by atoms with Crippen LogP contribution in [0.3, 0.4) is 0 Å². The third kappa shape index (κ3) is 2.77. The van der Waals surface area contributed by atoms with E-state index in [-0.39, 0.29) is 0 Å². The van der Waals surface area contributed by atoms with Crippen molar-refractivity contribution in [2.45, 2.75) is 6.42 Å². The second-order valence-electron chi connectivity index (χ2n) is 3.93. The number of nitriles is 1. The molecule has 0 spiro atoms. The van der Waals surface area contributed by atoms with Crippen molar-refractivity contribution < 1.29 is 0 Å². The normalized spacial score (nSPS) is 10.0. The Labute approximate surface area is 105 Å². The first kappa shape index (κ1) is 11.9. The molecule has 6 nitrogen and oxygen atoms in total. The van der Waals surface area contributed by atoms with Crippen LogP contribution in [0.4, 0.5) is 11.4 Å². The number of anilines is 2. The van der Waals surface area contributed by atoms with Gasteiger partial charge in [0.2, 0.25) is 0 Å². The molecule has 18 heavy (non-hydrogen) atoms. The van der Waals surface area contributed by atoms with Crippen LogP contribution in [0.15, 0.2) is 24.5 Å². The number of rotatable bonds is 4. The van der Waals surface area contributed by atoms with Crippen LogP contribution < -0.4 is 11.1 Å². The second-order valence-corrected chi connectivity index (χ2v) is 3.93. The Morgan fingerprint density at radius 2 is 2.33 bits per heavy atom. The summed E-state index contributed by atoms with van der Waals surface area (Å²) in [5.41, 5.74) is 7.50. The lowest BCUT2D eigenvalue weighted by molar-refractivity contribution is 0.742. The van der Waals surface area contributed by atoms with E-state index in [9.17, 15) is 0 Å². The number of nitrogens with zero attached hydrogens (tertiary/aromatic N) is 4. The van der Waals surface area contributed by atoms with Gasteiger partial charge in [0, 0.05) is 31.4 Å². The number of nitrogen functional groups attached to an aromatic ring is 1. The molecule has 0 saturated heterocycles. The molecule has 1 aromatic heterocycles. The number of aromatic nitrogens is 3. The van der Waals surface area contributed by atoms with Crippen molar-refractivity contribution in [2.75, 3.05) is 17.6 Å². The minimum absolute atomic E-state index is 0.482. The number of aryl methyl sites for hydroxylation is 1. The predicted octanol–water partition coefficient (Wildman–Crippen LogP) is 0.924. The zero-order chi connectivity index (χ0) is 13.0. The molecule has 1 heterocycles. The van der Waals surface area contributed by atoms with Gasteiger partial charge < -0.3 is 11.1 Å². The van der Waals surface area contributed by atoms with Crippen LogP contribution in [0, 0.1) is 11.3 Å². The molecule has 0 amide bonds. The Morgan fingerprint density at radius 3 is 3.00 bits per heavy atom. The highest BCUT2D eigenvalue weighted by Gasteiger charge is 2.01. The molecule has 0 unspecified atom stereocenters. The van der Waals surface area contributed by atoms with E-state index in [0.29, 0.717) is 17.8 Å². The van der Waals surface area contributed by atoms with Crippen molar-refractivity contribution in [2.24, 2.45) is 7.05 Å². The fourth-order valence-electron chi connectivity index (χ4n) is 1.58. The van der Waals surface area contributed by atoms with Crippen molar-refractivity contribution in [3.05, 3.63) is 35.9 Å². The van der Waals surface area contributed by atoms with E-state index in [1.807, 2.05) is 13.1 Å². The molecule has 0 saturated carbocycles. The molecule has 3 N–H and O–H groups in total. The average molecular weight is 242 g/mol. The quantitative estimate of drug-likeness (QED) is 0.778. The lowest BCUT2D eigenvalue weighted by Crippen LogP contribution is -2.07. The fourth-order valence-corrected chi connectivity index (χ4v) is 1.58. The molecule has 2 rings (SSSR count). The van der Waals surface area contributed by atoms with E-state index in [2.05, 4.69) is 21.5 Å². The molecule has 2 aromatic rings. The molecule has 0 atom stereocenters. The highest BCUT2D eigenvalue weighted by atomic mass is 15.3. The number of nitrogens with two attached hydrogens (primary N) is 1. The molecule has 92 valence electrons. The van der Waals surface area contributed by atoms with Crippen molar-refractivity contribution in [3.63, 3.8) is 0 Å². The van der Waals surface area contributed by atoms with Gasteiger partial charge in [0.25, 0.3) is 0 Å². The molecular formula is C12H14N6. The van der Waals surface area contributed by atoms with Crippen LogP contribution in [-0.4, -0.2) is 21.3 Å². The smallest absolute Gasteiger partial charge is 0.152 e. The summed E-state index contributed by atoms with van der Waals surface area (Å²) in [6.45, 7) is 0.707. The van der Waals surface area contributed by atoms with Gasteiger partial charge in [-0.15, -0.1) is 0 Å². The van der Waals surface area contributed by atoms with E-state index in [1.165, 1.54) is 0 Å². The van der Waals surface area contributed by atoms with Gasteiger partial charge in [0.1, 0.15) is 12.4 Å². The zero-order valence-electron chi connectivity index (χ0n) is 10.1. The molecule has 0 aliphatic carbocycles. The number of hydrogen-bond donors (Lipinski definition) is 2. The van der Waals surface area contributed by atoms with Crippen molar-refractivity contribution in [1.82, 2.24) is 14.8 Å². The standard InChI is InChI=1S/C12H14N6/c1-18-8-16-12(17-18)4-5-15-10-2-3-11(14)9(6-10)7-13/h2-3,6,8,15H,4-5,14H2,1H3. The van der Waals surface area contributed by atoms with Gasteiger partial charge in [0.15, 0.2) is 5.82 Å². The lowest BCUT2D eigenvalue weighted by Gasteiger charge is -2.06. The third-order valence-corrected chi connectivity index (χ3v) is 2.50. The van der Waals surface area contributed by atoms with E-state index >= 15 is 0 Å². The van der Waals surface area contributed by atoms with E-state index in [0.717, 1.165) is 17.9 Å². The van der Waals surface area contributed by atoms with Gasteiger partial charge in [0.05, 0.1) is 5.56 Å². The first-order chi connectivity index (χ1) is 8.69. The summed E-state index contributed by atoms with van der Waals surface area (Å²) < 4.78 is 1.67. The topological polar surface area (TPSA) is 92.5 Å². The van der Waals surface area contributed by atoms with Gasteiger partial charge in [-0.3, -0.25) is 4.68 Å². The number of hydrogen-bond acceptors (Lipinski definition) is 5. The van der Waals surface area contributed by atoms with Crippen LogP contribution in [0.5, 0.6) is 0 Å². The lowest BCUT2D eigenvalue weighted by atomic mass is 10.2. The fraction of sp³-hybridized carbons (Fsp3) is 0.250. The molecule has 0 fully saturated rings. The average Bonchev–Trinajstić information content (AvgIpc) is 2.77. The van der Waals surface area contributed by atoms with Gasteiger partial charge in [-0.05, 0) is 18.2 Å². The SMILES string of the molecule is Cn1cnc(CCNc2ccc(N)c(C#N)c2)n1. The Balaban J connectivity index is 1.93. The van der Waals surface area contributed by atoms with Crippen LogP contribution in [0.2, 0.25) is 0 Å². The Hall–Kier alpha value is -2.55. The molecule has 0 aliphatic heterocycles. The minimum atomic E-state index is 0.482. The summed E-state index contributed by atoms with van der Waals surface area (Å²) in [7, 11) is 1.84. The molecular weight excluding hydrogens is 228 g/mol. The zero-order valence-corrected chi connectivity index (χ0v) is 10.1. The molecule has 0 radical (unpaired) electrons. The first-order valence-electron chi connectivity index (χ1n) is 5.57. The maximum absolute atomic E-state index is 8.87. The largest absolute Gasteiger partial charge is 0.398 e. The predicted molar refractivity (Wildman–Crippen MR) is 68.8 cm³/mol. The van der Waals surface area contributed by atoms with Crippen molar-refractivity contribution in [3.8, 4) is 6.07 Å². The summed E-state index contributed by atoms with van der Waals surface area (Å²) >= 11 is 0. The maximum atomic E-state index is 8.87. The monoisotopic (exact) mass is 242 g/mol. The van der Waals surface area contributed by atoms with Gasteiger partial charge in [-0.2, -0.15) is 10.4 Å². The number of nitrogens with one attached hydrogen (secondary N) is 1. The summed E-state index contributed by atoms with van der Waals surface area (Å²) in [6, 6.07) is 7.36. The van der Waals surface area contributed by atoms with Crippen LogP contribution in [0.25, 0.3) is 0 Å². The van der Waals surface area contributed by atoms with E-state index in [1.54, 1.807) is 23.1 Å². The summed E-state index contributed by atoms with van der Waals surface area (Å²) in [4.78, 5) is 4.13. The van der Waals surface area contributed by atoms with Crippen molar-refractivity contribution >= 4 is 11.4 Å². The Morgan fingerprint density at radius 1 is 1.50 bits per heavy atom. The molecule has 1 aromatic carbocycles. The van der Waals surface area contributed by atoms with Gasteiger partial charge in [-0.1, -0.05) is 0 Å². The first-order valence-corrected chi connectivity index (χ1v) is 5.57. The number of benzene rings is 1. The Kier molecular flexibility index (Phi) is 3.44. The summed E-state index contributed by atoms with van der Waals surface area (Å²) in [6.07, 6.45) is 2.40. The Bertz CT molecular complexity index is 580. The van der Waals surface area contributed by atoms with Crippen LogP contribution in [-0.2, 0) is 13.5 Å². The minimum Gasteiger partial charge on any atom is -0.398 e. The maximum Gasteiger partial charge on any atom is 0.152 e. The molecule has 0 bridgehead atoms. The van der Waals surface area contributed by atoms with Gasteiger partial charge >= 0.3 is 0 Å². The third-order valence-electron chi connectivity index (χ3n) is 2.50. The van der Waals surface area contributed by atoms with Crippen LogP contribution >= 0.6 is 0 Å². The van der Waals surface area contributed by atoms with E-state index in [4.69, 9.17) is 11.0 Å². The van der Waals surface area contributed by atoms with Crippen LogP contribution in [0.1, 0.15) is 11.4 Å². The highest BCUT2D eigenvalue weighted by molar-refractivity contribution is 5.61. The van der Waals surface area contributed by atoms with Gasteiger partial charge in [-0.25, -0.2) is 4.98 Å². The van der Waals surface area contributed by atoms with E-state index < -0.39 is 0 Å². The second kappa shape index (κ2) is 5.19. The highest BCUT2D eigenvalue weighted by Crippen LogP contribution is 2.16.